The van der Waals surface area contributed by atoms with Crippen LogP contribution in [0.1, 0.15) is 50.0 Å². The Balaban J connectivity index is 1.46. The zero-order chi connectivity index (χ0) is 30.9. The lowest BCUT2D eigenvalue weighted by atomic mass is 10.1. The van der Waals surface area contributed by atoms with Crippen LogP contribution in [-0.2, 0) is 10.0 Å². The van der Waals surface area contributed by atoms with Crippen molar-refractivity contribution in [2.45, 2.75) is 38.5 Å². The van der Waals surface area contributed by atoms with Crippen molar-refractivity contribution in [2.24, 2.45) is 0 Å². The molecule has 1 aromatic carbocycles. The Morgan fingerprint density at radius 1 is 1.14 bits per heavy atom. The highest BCUT2D eigenvalue weighted by Gasteiger charge is 2.31. The molecule has 0 saturated heterocycles. The predicted molar refractivity (Wildman–Crippen MR) is 155 cm³/mol. The van der Waals surface area contributed by atoms with E-state index < -0.39 is 33.1 Å². The molecule has 6 aromatic rings. The number of hydrogen-bond acceptors (Lipinski definition) is 10. The maximum absolute atomic E-state index is 15.8. The van der Waals surface area contributed by atoms with Gasteiger partial charge in [-0.15, -0.1) is 9.19 Å². The Morgan fingerprint density at radius 2 is 1.93 bits per heavy atom. The normalized spacial score (nSPS) is 14.0. The standard InChI is InChI=1S/C28H26F2N9O4S/c1-15(2)23-25-21(9-10-31-23)43-20-6-4-5-17(29)22(20)24-18(30)13-19-27(33-24)38(25)28(40)35-39(19)36(3)11-12-44(41,42)37-14-32-26(34-37)16-7-8-16/h4-6,9-10,13-16H,7-8,11-12H2,1-3H3/q+1. The van der Waals surface area contributed by atoms with Crippen LogP contribution in [0.4, 0.5) is 8.78 Å². The van der Waals surface area contributed by atoms with Crippen molar-refractivity contribution in [1.82, 2.24) is 33.6 Å². The summed E-state index contributed by atoms with van der Waals surface area (Å²) in [6, 6.07) is 6.68. The van der Waals surface area contributed by atoms with Gasteiger partial charge in [0.05, 0.1) is 41.6 Å². The number of rotatable bonds is 7. The van der Waals surface area contributed by atoms with E-state index in [0.717, 1.165) is 38.3 Å². The lowest BCUT2D eigenvalue weighted by Crippen LogP contribution is -2.62. The Labute approximate surface area is 248 Å². The molecule has 0 unspecified atom stereocenters. The number of fused-ring (bicyclic) bond motifs is 5. The van der Waals surface area contributed by atoms with Gasteiger partial charge in [-0.3, -0.25) is 4.98 Å². The second-order valence-corrected chi connectivity index (χ2v) is 13.0. The smallest absolute Gasteiger partial charge is 0.417 e. The first-order valence-electron chi connectivity index (χ1n) is 13.9. The summed E-state index contributed by atoms with van der Waals surface area (Å²) in [6.07, 6.45) is 4.52. The molecular weight excluding hydrogens is 596 g/mol. The summed E-state index contributed by atoms with van der Waals surface area (Å²) in [4.78, 5) is 28.0. The van der Waals surface area contributed by atoms with Gasteiger partial charge >= 0.3 is 11.2 Å². The summed E-state index contributed by atoms with van der Waals surface area (Å²) in [5.74, 6) is -1.62. The first-order valence-corrected chi connectivity index (χ1v) is 15.5. The molecule has 0 amide bonds. The van der Waals surface area contributed by atoms with E-state index in [2.05, 4.69) is 25.1 Å². The molecule has 0 radical (unpaired) electrons. The lowest BCUT2D eigenvalue weighted by Gasteiger charge is -2.13. The summed E-state index contributed by atoms with van der Waals surface area (Å²) in [7, 11) is -2.41. The van der Waals surface area contributed by atoms with Gasteiger partial charge in [-0.25, -0.2) is 36.4 Å². The van der Waals surface area contributed by atoms with E-state index in [9.17, 15) is 13.2 Å². The fourth-order valence-electron chi connectivity index (χ4n) is 5.17. The van der Waals surface area contributed by atoms with Crippen molar-refractivity contribution in [3.05, 3.63) is 76.5 Å². The first kappa shape index (κ1) is 27.9. The zero-order valence-electron chi connectivity index (χ0n) is 23.8. The van der Waals surface area contributed by atoms with Gasteiger partial charge in [-0.2, -0.15) is 5.01 Å². The Bertz CT molecular complexity index is 2330. The van der Waals surface area contributed by atoms with Crippen LogP contribution in [-0.4, -0.2) is 61.4 Å². The van der Waals surface area contributed by atoms with Crippen LogP contribution in [0.15, 0.2) is 52.1 Å². The van der Waals surface area contributed by atoms with Gasteiger partial charge in [-0.05, 0) is 30.9 Å². The molecule has 0 atom stereocenters. The topological polar surface area (TPSA) is 145 Å². The number of halogens is 2. The average molecular weight is 623 g/mol. The zero-order valence-corrected chi connectivity index (χ0v) is 24.7. The van der Waals surface area contributed by atoms with Crippen LogP contribution in [0.5, 0.6) is 0 Å². The van der Waals surface area contributed by atoms with E-state index in [1.54, 1.807) is 0 Å². The molecule has 1 aliphatic rings. The number of benzene rings is 1. The molecule has 1 fully saturated rings. The maximum Gasteiger partial charge on any atom is 0.417 e. The number of hydrogen-bond donors (Lipinski definition) is 0. The van der Waals surface area contributed by atoms with Gasteiger partial charge in [-0.1, -0.05) is 19.9 Å². The highest BCUT2D eigenvalue weighted by molar-refractivity contribution is 7.89. The molecule has 1 aliphatic carbocycles. The van der Waals surface area contributed by atoms with Crippen LogP contribution in [0.2, 0.25) is 0 Å². The largest absolute Gasteiger partial charge is 0.454 e. The van der Waals surface area contributed by atoms with Gasteiger partial charge in [0.25, 0.3) is 10.0 Å². The van der Waals surface area contributed by atoms with Crippen LogP contribution < -0.4 is 15.5 Å². The minimum absolute atomic E-state index is 0.000115. The minimum Gasteiger partial charge on any atom is -0.454 e. The molecule has 7 rings (SSSR count). The molecule has 0 N–H and O–H groups in total. The van der Waals surface area contributed by atoms with E-state index in [1.807, 2.05) is 13.8 Å². The molecule has 0 spiro atoms. The summed E-state index contributed by atoms with van der Waals surface area (Å²) in [6.45, 7) is 3.60. The molecule has 226 valence electrons. The molecule has 1 saturated carbocycles. The number of nitrogens with zero attached hydrogens (tertiary/aromatic N) is 9. The summed E-state index contributed by atoms with van der Waals surface area (Å²) in [5.41, 5.74) is -0.372. The Kier molecular flexibility index (Phi) is 6.42. The molecule has 5 aromatic heterocycles. The van der Waals surface area contributed by atoms with Crippen LogP contribution in [0, 0.1) is 11.6 Å². The lowest BCUT2D eigenvalue weighted by molar-refractivity contribution is -0.724. The summed E-state index contributed by atoms with van der Waals surface area (Å²) in [5, 5.41) is 9.42. The quantitative estimate of drug-likeness (QED) is 0.244. The molecule has 2 bridgehead atoms. The predicted octanol–water partition coefficient (Wildman–Crippen LogP) is 2.70. The van der Waals surface area contributed by atoms with Crippen LogP contribution in [0.25, 0.3) is 38.7 Å². The second kappa shape index (κ2) is 10.1. The van der Waals surface area contributed by atoms with E-state index in [-0.39, 0.29) is 57.1 Å². The Morgan fingerprint density at radius 3 is 2.68 bits per heavy atom. The minimum atomic E-state index is -3.91. The molecule has 5 heterocycles. The number of aromatic nitrogens is 8. The maximum atomic E-state index is 15.8. The third kappa shape index (κ3) is 4.56. The second-order valence-electron chi connectivity index (χ2n) is 11.0. The third-order valence-electron chi connectivity index (χ3n) is 7.57. The molecule has 0 aliphatic heterocycles. The van der Waals surface area contributed by atoms with Gasteiger partial charge < -0.3 is 4.42 Å². The molecular formula is C28H26F2N9O4S+. The van der Waals surface area contributed by atoms with E-state index in [4.69, 9.17) is 4.42 Å². The first-order chi connectivity index (χ1) is 21.0. The monoisotopic (exact) mass is 622 g/mol. The summed E-state index contributed by atoms with van der Waals surface area (Å²) < 4.78 is 65.3. The SMILES string of the molecule is CC(C)c1nccc2oc3cccc(F)c3c3nc4c(cc3F)[n+](N(C)CCS(=O)(=O)n3cnc(C5CC5)n3)nc(=O)n4c12. The number of pyridine rings is 2. The van der Waals surface area contributed by atoms with Crippen molar-refractivity contribution >= 4 is 48.8 Å². The van der Waals surface area contributed by atoms with Crippen molar-refractivity contribution in [2.75, 3.05) is 24.4 Å². The average Bonchev–Trinajstić information content (AvgIpc) is 3.70. The van der Waals surface area contributed by atoms with Gasteiger partial charge in [0.1, 0.15) is 28.8 Å². The van der Waals surface area contributed by atoms with Gasteiger partial charge in [0, 0.05) is 23.0 Å². The fourth-order valence-corrected chi connectivity index (χ4v) is 6.25. The van der Waals surface area contributed by atoms with Crippen molar-refractivity contribution in [1.29, 1.82) is 0 Å². The third-order valence-corrected chi connectivity index (χ3v) is 9.01. The van der Waals surface area contributed by atoms with Gasteiger partial charge in [0.2, 0.25) is 5.65 Å². The van der Waals surface area contributed by atoms with Crippen molar-refractivity contribution in [3.63, 3.8) is 0 Å². The van der Waals surface area contributed by atoms with E-state index >= 15 is 8.78 Å². The van der Waals surface area contributed by atoms with Crippen LogP contribution >= 0.6 is 0 Å². The molecule has 13 nitrogen and oxygen atoms in total. The van der Waals surface area contributed by atoms with Crippen molar-refractivity contribution in [3.8, 4) is 0 Å². The molecule has 16 heteroatoms. The highest BCUT2D eigenvalue weighted by Crippen LogP contribution is 2.37. The fraction of sp³-hybridized carbons (Fsp3) is 0.321. The highest BCUT2D eigenvalue weighted by atomic mass is 32.2. The van der Waals surface area contributed by atoms with Gasteiger partial charge in [0.15, 0.2) is 17.2 Å². The molecule has 44 heavy (non-hydrogen) atoms. The van der Waals surface area contributed by atoms with Crippen LogP contribution in [0.3, 0.4) is 0 Å². The summed E-state index contributed by atoms with van der Waals surface area (Å²) >= 11 is 0. The van der Waals surface area contributed by atoms with E-state index in [1.165, 1.54) is 42.8 Å². The Hall–Kier alpha value is -4.86. The van der Waals surface area contributed by atoms with Crippen molar-refractivity contribution < 1.29 is 26.4 Å². The van der Waals surface area contributed by atoms with E-state index in [0.29, 0.717) is 11.5 Å².